The fourth-order valence-corrected chi connectivity index (χ4v) is 4.00. The van der Waals surface area contributed by atoms with Crippen molar-refractivity contribution in [1.29, 1.82) is 0 Å². The van der Waals surface area contributed by atoms with Crippen LogP contribution < -0.4 is 9.47 Å². The minimum absolute atomic E-state index is 0.0769. The first-order valence-electron chi connectivity index (χ1n) is 11.2. The normalized spacial score (nSPS) is 13.4. The number of nitrogens with zero attached hydrogens (tertiary/aromatic N) is 1. The molecule has 7 nitrogen and oxygen atoms in total. The molecule has 0 amide bonds. The van der Waals surface area contributed by atoms with Crippen molar-refractivity contribution in [2.45, 2.75) is 44.8 Å². The molecular weight excluding hydrogens is 434 g/mol. The third-order valence-corrected chi connectivity index (χ3v) is 5.58. The van der Waals surface area contributed by atoms with Gasteiger partial charge in [0.25, 0.3) is 0 Å². The summed E-state index contributed by atoms with van der Waals surface area (Å²) in [4.78, 5) is 15.8. The Labute approximate surface area is 199 Å². The maximum atomic E-state index is 10.8. The summed E-state index contributed by atoms with van der Waals surface area (Å²) >= 11 is 0. The number of benzene rings is 2. The van der Waals surface area contributed by atoms with Crippen LogP contribution in [-0.2, 0) is 4.79 Å². The first-order valence-corrected chi connectivity index (χ1v) is 11.2. The SMILES string of the molecule is COc1cc2nc(C(C)C)c(C=CC(O)CC(O)CC(=O)O)c(-c3ccccc3)c2cc1OC. The summed E-state index contributed by atoms with van der Waals surface area (Å²) in [7, 11) is 3.17. The number of carbonyl (C=O) groups is 1. The first kappa shape index (κ1) is 25.2. The van der Waals surface area contributed by atoms with Gasteiger partial charge in [0.1, 0.15) is 0 Å². The van der Waals surface area contributed by atoms with Crippen LogP contribution in [0.2, 0.25) is 0 Å². The zero-order chi connectivity index (χ0) is 24.8. The molecule has 3 aromatic rings. The lowest BCUT2D eigenvalue weighted by atomic mass is 9.90. The van der Waals surface area contributed by atoms with Crippen LogP contribution in [0.3, 0.4) is 0 Å². The number of aromatic nitrogens is 1. The van der Waals surface area contributed by atoms with Gasteiger partial charge in [-0.2, -0.15) is 0 Å². The van der Waals surface area contributed by atoms with Gasteiger partial charge in [-0.3, -0.25) is 9.78 Å². The number of hydrogen-bond acceptors (Lipinski definition) is 6. The van der Waals surface area contributed by atoms with Gasteiger partial charge in [0.05, 0.1) is 44.1 Å². The number of carboxylic acid groups (broad SMARTS) is 1. The number of aliphatic hydroxyl groups excluding tert-OH is 2. The summed E-state index contributed by atoms with van der Waals surface area (Å²) in [5.74, 6) is 0.134. The summed E-state index contributed by atoms with van der Waals surface area (Å²) in [5.41, 5.74) is 4.35. The van der Waals surface area contributed by atoms with Crippen LogP contribution in [0.5, 0.6) is 11.5 Å². The van der Waals surface area contributed by atoms with Crippen LogP contribution in [-0.4, -0.2) is 52.7 Å². The predicted octanol–water partition coefficient (Wildman–Crippen LogP) is 4.64. The van der Waals surface area contributed by atoms with Gasteiger partial charge in [0.2, 0.25) is 0 Å². The van der Waals surface area contributed by atoms with Gasteiger partial charge >= 0.3 is 5.97 Å². The van der Waals surface area contributed by atoms with Gasteiger partial charge in [-0.05, 0) is 17.5 Å². The van der Waals surface area contributed by atoms with Crippen molar-refractivity contribution in [2.24, 2.45) is 0 Å². The van der Waals surface area contributed by atoms with E-state index in [2.05, 4.69) is 0 Å². The smallest absolute Gasteiger partial charge is 0.305 e. The van der Waals surface area contributed by atoms with E-state index in [0.717, 1.165) is 33.3 Å². The van der Waals surface area contributed by atoms with E-state index in [0.29, 0.717) is 11.5 Å². The Hall–Kier alpha value is -3.42. The fraction of sp³-hybridized carbons (Fsp3) is 0.333. The van der Waals surface area contributed by atoms with E-state index in [-0.39, 0.29) is 12.3 Å². The van der Waals surface area contributed by atoms with Gasteiger partial charge in [-0.1, -0.05) is 56.3 Å². The van der Waals surface area contributed by atoms with Crippen LogP contribution in [0.4, 0.5) is 0 Å². The van der Waals surface area contributed by atoms with Crippen molar-refractivity contribution >= 4 is 22.9 Å². The summed E-state index contributed by atoms with van der Waals surface area (Å²) in [6, 6.07) is 13.7. The topological polar surface area (TPSA) is 109 Å². The molecular formula is C27H31NO6. The standard InChI is InChI=1S/C27H31NO6/c1-16(2)27-20(11-10-18(29)12-19(30)13-25(31)32)26(17-8-6-5-7-9-17)21-14-23(33-3)24(34-4)15-22(21)28-27/h5-11,14-16,18-19,29-30H,12-13H2,1-4H3,(H,31,32). The largest absolute Gasteiger partial charge is 0.493 e. The van der Waals surface area contributed by atoms with Gasteiger partial charge in [0, 0.05) is 29.0 Å². The molecule has 180 valence electrons. The molecule has 2 aromatic carbocycles. The molecule has 0 saturated carbocycles. The Bertz CT molecular complexity index is 1170. The Morgan fingerprint density at radius 1 is 1.06 bits per heavy atom. The molecule has 2 unspecified atom stereocenters. The van der Waals surface area contributed by atoms with E-state index in [9.17, 15) is 15.0 Å². The second kappa shape index (κ2) is 11.1. The van der Waals surface area contributed by atoms with E-state index in [1.165, 1.54) is 0 Å². The third kappa shape index (κ3) is 5.73. The molecule has 0 aliphatic heterocycles. The van der Waals surface area contributed by atoms with Crippen LogP contribution in [0, 0.1) is 0 Å². The van der Waals surface area contributed by atoms with E-state index in [1.807, 2.05) is 56.3 Å². The number of pyridine rings is 1. The van der Waals surface area contributed by atoms with Gasteiger partial charge < -0.3 is 24.8 Å². The summed E-state index contributed by atoms with van der Waals surface area (Å²) in [6.45, 7) is 4.10. The average molecular weight is 466 g/mol. The molecule has 7 heteroatoms. The number of aliphatic carboxylic acids is 1. The molecule has 0 saturated heterocycles. The lowest BCUT2D eigenvalue weighted by molar-refractivity contribution is -0.139. The zero-order valence-electron chi connectivity index (χ0n) is 19.9. The second-order valence-corrected chi connectivity index (χ2v) is 8.44. The van der Waals surface area contributed by atoms with Crippen LogP contribution in [0.1, 0.15) is 43.9 Å². The van der Waals surface area contributed by atoms with Crippen LogP contribution in [0.25, 0.3) is 28.1 Å². The predicted molar refractivity (Wildman–Crippen MR) is 132 cm³/mol. The molecule has 0 bridgehead atoms. The maximum absolute atomic E-state index is 10.8. The number of fused-ring (bicyclic) bond motifs is 1. The third-order valence-electron chi connectivity index (χ3n) is 5.58. The number of methoxy groups -OCH3 is 2. The molecule has 0 fully saturated rings. The highest BCUT2D eigenvalue weighted by atomic mass is 16.5. The Morgan fingerprint density at radius 3 is 2.29 bits per heavy atom. The number of ether oxygens (including phenoxy) is 2. The van der Waals surface area contributed by atoms with Crippen LogP contribution in [0.15, 0.2) is 48.5 Å². The number of aliphatic hydroxyl groups is 2. The average Bonchev–Trinajstić information content (AvgIpc) is 2.80. The highest BCUT2D eigenvalue weighted by molar-refractivity contribution is 6.01. The zero-order valence-corrected chi connectivity index (χ0v) is 19.9. The highest BCUT2D eigenvalue weighted by Crippen LogP contribution is 2.41. The summed E-state index contributed by atoms with van der Waals surface area (Å²) < 4.78 is 11.0. The number of carboxylic acids is 1. The van der Waals surface area contributed by atoms with Crippen molar-refractivity contribution < 1.29 is 29.6 Å². The molecule has 3 rings (SSSR count). The minimum atomic E-state index is -1.14. The monoisotopic (exact) mass is 465 g/mol. The molecule has 1 heterocycles. The first-order chi connectivity index (χ1) is 16.2. The second-order valence-electron chi connectivity index (χ2n) is 8.44. The summed E-state index contributed by atoms with van der Waals surface area (Å²) in [5, 5.41) is 30.1. The molecule has 0 spiro atoms. The van der Waals surface area contributed by atoms with Crippen molar-refractivity contribution in [3.8, 4) is 22.6 Å². The van der Waals surface area contributed by atoms with E-state index < -0.39 is 24.6 Å². The fourth-order valence-electron chi connectivity index (χ4n) is 4.00. The molecule has 0 radical (unpaired) electrons. The van der Waals surface area contributed by atoms with Gasteiger partial charge in [-0.25, -0.2) is 0 Å². The van der Waals surface area contributed by atoms with E-state index >= 15 is 0 Å². The van der Waals surface area contributed by atoms with Crippen molar-refractivity contribution in [3.63, 3.8) is 0 Å². The minimum Gasteiger partial charge on any atom is -0.493 e. The molecule has 34 heavy (non-hydrogen) atoms. The lowest BCUT2D eigenvalue weighted by Crippen LogP contribution is -2.19. The van der Waals surface area contributed by atoms with Crippen molar-refractivity contribution in [3.05, 3.63) is 59.8 Å². The number of hydrogen-bond donors (Lipinski definition) is 3. The Balaban J connectivity index is 2.22. The van der Waals surface area contributed by atoms with Gasteiger partial charge in [-0.15, -0.1) is 0 Å². The maximum Gasteiger partial charge on any atom is 0.305 e. The van der Waals surface area contributed by atoms with Crippen molar-refractivity contribution in [2.75, 3.05) is 14.2 Å². The molecule has 2 atom stereocenters. The van der Waals surface area contributed by atoms with Crippen LogP contribution >= 0.6 is 0 Å². The molecule has 0 aliphatic rings. The van der Waals surface area contributed by atoms with E-state index in [4.69, 9.17) is 19.6 Å². The highest BCUT2D eigenvalue weighted by Gasteiger charge is 2.20. The number of rotatable bonds is 10. The lowest BCUT2D eigenvalue weighted by Gasteiger charge is -2.19. The van der Waals surface area contributed by atoms with E-state index in [1.54, 1.807) is 26.4 Å². The van der Waals surface area contributed by atoms with Gasteiger partial charge in [0.15, 0.2) is 11.5 Å². The summed E-state index contributed by atoms with van der Waals surface area (Å²) in [6.07, 6.45) is 0.732. The molecule has 3 N–H and O–H groups in total. The Morgan fingerprint density at radius 2 is 1.71 bits per heavy atom. The van der Waals surface area contributed by atoms with Crippen molar-refractivity contribution in [1.82, 2.24) is 4.98 Å². The Kier molecular flexibility index (Phi) is 8.26. The molecule has 1 aromatic heterocycles. The quantitative estimate of drug-likeness (QED) is 0.400. The molecule has 0 aliphatic carbocycles.